The van der Waals surface area contributed by atoms with Crippen LogP contribution < -0.4 is 0 Å². The first-order valence-electron chi connectivity index (χ1n) is 7.67. The standard InChI is InChI=1S/C15H19N3O3/c19-14(13-4-3-12(16-17-13)11-1-2-11)18-7-5-15(6-8-18)20-9-10-21-15/h3-4,11H,1-2,5-10H2. The third-order valence-corrected chi connectivity index (χ3v) is 4.53. The van der Waals surface area contributed by atoms with Crippen LogP contribution in [0.1, 0.15) is 47.8 Å². The number of carbonyl (C=O) groups is 1. The lowest BCUT2D eigenvalue weighted by Gasteiger charge is -2.37. The molecule has 1 aromatic rings. The zero-order valence-electron chi connectivity index (χ0n) is 12.0. The van der Waals surface area contributed by atoms with Crippen molar-refractivity contribution in [2.45, 2.75) is 37.4 Å². The molecule has 3 fully saturated rings. The number of nitrogens with zero attached hydrogens (tertiary/aromatic N) is 3. The summed E-state index contributed by atoms with van der Waals surface area (Å²) in [5.41, 5.74) is 1.44. The van der Waals surface area contributed by atoms with Crippen molar-refractivity contribution in [1.82, 2.24) is 15.1 Å². The van der Waals surface area contributed by atoms with Crippen molar-refractivity contribution in [2.75, 3.05) is 26.3 Å². The van der Waals surface area contributed by atoms with E-state index in [2.05, 4.69) is 10.2 Å². The van der Waals surface area contributed by atoms with Crippen LogP contribution in [0.3, 0.4) is 0 Å². The van der Waals surface area contributed by atoms with E-state index in [4.69, 9.17) is 9.47 Å². The Balaban J connectivity index is 1.40. The van der Waals surface area contributed by atoms with Crippen LogP contribution in [0.5, 0.6) is 0 Å². The Hall–Kier alpha value is -1.53. The lowest BCUT2D eigenvalue weighted by Crippen LogP contribution is -2.47. The highest BCUT2D eigenvalue weighted by Crippen LogP contribution is 2.38. The molecule has 6 heteroatoms. The maximum atomic E-state index is 12.4. The molecule has 4 rings (SSSR count). The number of likely N-dealkylation sites (tertiary alicyclic amines) is 1. The molecule has 0 N–H and O–H groups in total. The fourth-order valence-corrected chi connectivity index (χ4v) is 3.05. The maximum absolute atomic E-state index is 12.4. The second-order valence-corrected chi connectivity index (χ2v) is 6.02. The molecule has 0 bridgehead atoms. The van der Waals surface area contributed by atoms with Crippen molar-refractivity contribution in [3.05, 3.63) is 23.5 Å². The quantitative estimate of drug-likeness (QED) is 0.822. The molecule has 21 heavy (non-hydrogen) atoms. The Kier molecular flexibility index (Phi) is 3.15. The third kappa shape index (κ3) is 2.53. The molecule has 0 atom stereocenters. The molecule has 3 heterocycles. The molecule has 1 amide bonds. The molecule has 0 radical (unpaired) electrons. The van der Waals surface area contributed by atoms with E-state index in [9.17, 15) is 4.79 Å². The number of rotatable bonds is 2. The molecule has 1 aliphatic carbocycles. The van der Waals surface area contributed by atoms with Crippen LogP contribution in [0.25, 0.3) is 0 Å². The molecular weight excluding hydrogens is 270 g/mol. The van der Waals surface area contributed by atoms with Crippen LogP contribution in [0.2, 0.25) is 0 Å². The Bertz CT molecular complexity index is 526. The van der Waals surface area contributed by atoms with E-state index in [1.165, 1.54) is 12.8 Å². The number of aromatic nitrogens is 2. The van der Waals surface area contributed by atoms with Gasteiger partial charge in [-0.2, -0.15) is 5.10 Å². The van der Waals surface area contributed by atoms with Gasteiger partial charge in [-0.15, -0.1) is 5.10 Å². The summed E-state index contributed by atoms with van der Waals surface area (Å²) < 4.78 is 11.4. The van der Waals surface area contributed by atoms with E-state index in [1.807, 2.05) is 11.0 Å². The number of hydrogen-bond acceptors (Lipinski definition) is 5. The molecule has 1 spiro atoms. The van der Waals surface area contributed by atoms with E-state index in [0.717, 1.165) is 18.5 Å². The molecular formula is C15H19N3O3. The minimum Gasteiger partial charge on any atom is -0.347 e. The van der Waals surface area contributed by atoms with Crippen LogP contribution in [-0.4, -0.2) is 53.1 Å². The monoisotopic (exact) mass is 289 g/mol. The van der Waals surface area contributed by atoms with Gasteiger partial charge in [-0.1, -0.05) is 0 Å². The van der Waals surface area contributed by atoms with Crippen molar-refractivity contribution >= 4 is 5.91 Å². The van der Waals surface area contributed by atoms with Gasteiger partial charge in [-0.25, -0.2) is 0 Å². The summed E-state index contributed by atoms with van der Waals surface area (Å²) in [5, 5.41) is 8.28. The average molecular weight is 289 g/mol. The van der Waals surface area contributed by atoms with Gasteiger partial charge in [0.15, 0.2) is 11.5 Å². The summed E-state index contributed by atoms with van der Waals surface area (Å²) in [6.45, 7) is 2.60. The Labute approximate surface area is 123 Å². The second kappa shape index (κ2) is 5.03. The zero-order valence-corrected chi connectivity index (χ0v) is 12.0. The SMILES string of the molecule is O=C(c1ccc(C2CC2)nn1)N1CCC2(CC1)OCCO2. The smallest absolute Gasteiger partial charge is 0.274 e. The van der Waals surface area contributed by atoms with Crippen molar-refractivity contribution in [2.24, 2.45) is 0 Å². The molecule has 6 nitrogen and oxygen atoms in total. The number of amides is 1. The highest BCUT2D eigenvalue weighted by Gasteiger charge is 2.41. The number of ether oxygens (including phenoxy) is 2. The number of piperidine rings is 1. The summed E-state index contributed by atoms with van der Waals surface area (Å²) in [7, 11) is 0. The first kappa shape index (κ1) is 13.2. The normalized spacial score (nSPS) is 24.5. The Morgan fingerprint density at radius 1 is 1.14 bits per heavy atom. The van der Waals surface area contributed by atoms with E-state index < -0.39 is 5.79 Å². The lowest BCUT2D eigenvalue weighted by molar-refractivity contribution is -0.181. The van der Waals surface area contributed by atoms with E-state index >= 15 is 0 Å². The summed E-state index contributed by atoms with van der Waals surface area (Å²) in [4.78, 5) is 14.3. The van der Waals surface area contributed by atoms with Gasteiger partial charge in [0, 0.05) is 31.8 Å². The minimum absolute atomic E-state index is 0.0438. The van der Waals surface area contributed by atoms with Crippen molar-refractivity contribution < 1.29 is 14.3 Å². The summed E-state index contributed by atoms with van der Waals surface area (Å²) in [6, 6.07) is 3.74. The molecule has 3 aliphatic rings. The fourth-order valence-electron chi connectivity index (χ4n) is 3.05. The Morgan fingerprint density at radius 3 is 2.43 bits per heavy atom. The summed E-state index contributed by atoms with van der Waals surface area (Å²) >= 11 is 0. The topological polar surface area (TPSA) is 64.6 Å². The van der Waals surface area contributed by atoms with Gasteiger partial charge in [0.1, 0.15) is 0 Å². The molecule has 2 saturated heterocycles. The van der Waals surface area contributed by atoms with Gasteiger partial charge >= 0.3 is 0 Å². The van der Waals surface area contributed by atoms with Crippen molar-refractivity contribution in [3.8, 4) is 0 Å². The number of carbonyl (C=O) groups excluding carboxylic acids is 1. The fraction of sp³-hybridized carbons (Fsp3) is 0.667. The van der Waals surface area contributed by atoms with Gasteiger partial charge in [0.25, 0.3) is 5.91 Å². The van der Waals surface area contributed by atoms with Crippen LogP contribution in [0, 0.1) is 0 Å². The van der Waals surface area contributed by atoms with Gasteiger partial charge < -0.3 is 14.4 Å². The molecule has 112 valence electrons. The maximum Gasteiger partial charge on any atom is 0.274 e. The van der Waals surface area contributed by atoms with Crippen LogP contribution in [-0.2, 0) is 9.47 Å². The summed E-state index contributed by atoms with van der Waals surface area (Å²) in [5.74, 6) is 0.0732. The van der Waals surface area contributed by atoms with Crippen molar-refractivity contribution in [1.29, 1.82) is 0 Å². The van der Waals surface area contributed by atoms with E-state index in [1.54, 1.807) is 6.07 Å². The largest absolute Gasteiger partial charge is 0.347 e. The Morgan fingerprint density at radius 2 is 1.86 bits per heavy atom. The second-order valence-electron chi connectivity index (χ2n) is 6.02. The highest BCUT2D eigenvalue weighted by atomic mass is 16.7. The predicted molar refractivity (Wildman–Crippen MR) is 73.8 cm³/mol. The van der Waals surface area contributed by atoms with Gasteiger partial charge in [-0.3, -0.25) is 4.79 Å². The third-order valence-electron chi connectivity index (χ3n) is 4.53. The predicted octanol–water partition coefficient (Wildman–Crippen LogP) is 1.33. The van der Waals surface area contributed by atoms with Crippen LogP contribution >= 0.6 is 0 Å². The zero-order chi connectivity index (χ0) is 14.3. The first-order chi connectivity index (χ1) is 10.3. The highest BCUT2D eigenvalue weighted by molar-refractivity contribution is 5.92. The minimum atomic E-state index is -0.446. The van der Waals surface area contributed by atoms with Crippen molar-refractivity contribution in [3.63, 3.8) is 0 Å². The summed E-state index contributed by atoms with van der Waals surface area (Å²) in [6.07, 6.45) is 3.84. The number of hydrogen-bond donors (Lipinski definition) is 0. The molecule has 0 aromatic carbocycles. The van der Waals surface area contributed by atoms with Gasteiger partial charge in [0.05, 0.1) is 18.9 Å². The van der Waals surface area contributed by atoms with Gasteiger partial charge in [-0.05, 0) is 25.0 Å². The van der Waals surface area contributed by atoms with E-state index in [0.29, 0.717) is 37.9 Å². The van der Waals surface area contributed by atoms with E-state index in [-0.39, 0.29) is 5.91 Å². The lowest BCUT2D eigenvalue weighted by atomic mass is 10.0. The molecule has 1 saturated carbocycles. The molecule has 0 unspecified atom stereocenters. The van der Waals surface area contributed by atoms with Gasteiger partial charge in [0.2, 0.25) is 0 Å². The van der Waals surface area contributed by atoms with Crippen LogP contribution in [0.4, 0.5) is 0 Å². The van der Waals surface area contributed by atoms with Crippen LogP contribution in [0.15, 0.2) is 12.1 Å². The first-order valence-corrected chi connectivity index (χ1v) is 7.67. The average Bonchev–Trinajstić information content (AvgIpc) is 3.29. The molecule has 2 aliphatic heterocycles. The molecule has 1 aromatic heterocycles.